The van der Waals surface area contributed by atoms with Gasteiger partial charge in [0.2, 0.25) is 0 Å². The molecule has 0 spiro atoms. The summed E-state index contributed by atoms with van der Waals surface area (Å²) in [4.78, 5) is 13.5. The zero-order chi connectivity index (χ0) is 17.9. The van der Waals surface area contributed by atoms with Crippen LogP contribution in [0.1, 0.15) is 11.4 Å². The van der Waals surface area contributed by atoms with E-state index in [4.69, 9.17) is 9.47 Å². The largest absolute Gasteiger partial charge is 0.379 e. The SMILES string of the molecule is c1ccc(CN2CCOCCN(Cc3ccccn3)CCOCC2)nc1. The standard InChI is InChI=1S/C20H28N4O2/c1-3-7-21-19(5-1)17-23-9-13-25-15-11-24(12-16-26-14-10-23)18-20-6-2-4-8-22-20/h1-8H,9-18H2. The highest BCUT2D eigenvalue weighted by molar-refractivity contribution is 5.04. The van der Waals surface area contributed by atoms with Crippen LogP contribution in [-0.2, 0) is 22.6 Å². The van der Waals surface area contributed by atoms with Crippen molar-refractivity contribution in [2.75, 3.05) is 52.6 Å². The lowest BCUT2D eigenvalue weighted by Crippen LogP contribution is -2.35. The van der Waals surface area contributed by atoms with E-state index in [0.717, 1.165) is 77.1 Å². The van der Waals surface area contributed by atoms with Gasteiger partial charge in [-0.3, -0.25) is 19.8 Å². The molecule has 0 atom stereocenters. The molecule has 1 aliphatic heterocycles. The molecule has 0 amide bonds. The minimum absolute atomic E-state index is 0.726. The van der Waals surface area contributed by atoms with Gasteiger partial charge in [0, 0.05) is 51.7 Å². The number of rotatable bonds is 4. The maximum absolute atomic E-state index is 5.88. The highest BCUT2D eigenvalue weighted by Gasteiger charge is 2.11. The minimum atomic E-state index is 0.726. The molecule has 3 rings (SSSR count). The predicted octanol–water partition coefficient (Wildman–Crippen LogP) is 1.83. The maximum atomic E-state index is 5.88. The molecule has 0 bridgehead atoms. The normalized spacial score (nSPS) is 18.8. The van der Waals surface area contributed by atoms with Gasteiger partial charge in [0.05, 0.1) is 37.8 Å². The number of ether oxygens (including phenoxy) is 2. The zero-order valence-electron chi connectivity index (χ0n) is 15.3. The van der Waals surface area contributed by atoms with Crippen LogP contribution in [0.4, 0.5) is 0 Å². The molecule has 1 fully saturated rings. The molecule has 3 heterocycles. The summed E-state index contributed by atoms with van der Waals surface area (Å²) in [6, 6.07) is 12.1. The van der Waals surface area contributed by atoms with Crippen LogP contribution < -0.4 is 0 Å². The molecule has 0 radical (unpaired) electrons. The van der Waals surface area contributed by atoms with E-state index in [0.29, 0.717) is 0 Å². The fraction of sp³-hybridized carbons (Fsp3) is 0.500. The average molecular weight is 356 g/mol. The lowest BCUT2D eigenvalue weighted by Gasteiger charge is -2.25. The Kier molecular flexibility index (Phi) is 7.99. The lowest BCUT2D eigenvalue weighted by atomic mass is 10.3. The monoisotopic (exact) mass is 356 g/mol. The van der Waals surface area contributed by atoms with Crippen molar-refractivity contribution in [1.29, 1.82) is 0 Å². The minimum Gasteiger partial charge on any atom is -0.379 e. The molecular formula is C20H28N4O2. The molecule has 0 unspecified atom stereocenters. The van der Waals surface area contributed by atoms with Gasteiger partial charge in [-0.2, -0.15) is 0 Å². The van der Waals surface area contributed by atoms with E-state index in [-0.39, 0.29) is 0 Å². The molecule has 0 saturated carbocycles. The Hall–Kier alpha value is -1.86. The molecule has 2 aromatic rings. The van der Waals surface area contributed by atoms with Crippen molar-refractivity contribution < 1.29 is 9.47 Å². The summed E-state index contributed by atoms with van der Waals surface area (Å²) in [5.41, 5.74) is 2.17. The first-order chi connectivity index (χ1) is 12.9. The van der Waals surface area contributed by atoms with Crippen molar-refractivity contribution >= 4 is 0 Å². The summed E-state index contributed by atoms with van der Waals surface area (Å²) >= 11 is 0. The number of hydrogen-bond acceptors (Lipinski definition) is 6. The van der Waals surface area contributed by atoms with Crippen molar-refractivity contribution in [2.45, 2.75) is 13.1 Å². The van der Waals surface area contributed by atoms with Gasteiger partial charge >= 0.3 is 0 Å². The van der Waals surface area contributed by atoms with Crippen LogP contribution in [0.15, 0.2) is 48.8 Å². The second-order valence-corrected chi connectivity index (χ2v) is 6.42. The highest BCUT2D eigenvalue weighted by atomic mass is 16.5. The number of hydrogen-bond donors (Lipinski definition) is 0. The van der Waals surface area contributed by atoms with Gasteiger partial charge in [-0.25, -0.2) is 0 Å². The van der Waals surface area contributed by atoms with Gasteiger partial charge in [-0.1, -0.05) is 12.1 Å². The molecule has 0 N–H and O–H groups in total. The zero-order valence-corrected chi connectivity index (χ0v) is 15.3. The number of aromatic nitrogens is 2. The fourth-order valence-electron chi connectivity index (χ4n) is 2.96. The van der Waals surface area contributed by atoms with E-state index >= 15 is 0 Å². The van der Waals surface area contributed by atoms with Crippen LogP contribution in [0, 0.1) is 0 Å². The van der Waals surface area contributed by atoms with Gasteiger partial charge in [-0.15, -0.1) is 0 Å². The quantitative estimate of drug-likeness (QED) is 0.833. The van der Waals surface area contributed by atoms with Crippen LogP contribution in [0.25, 0.3) is 0 Å². The van der Waals surface area contributed by atoms with Crippen LogP contribution in [-0.4, -0.2) is 72.4 Å². The topological polar surface area (TPSA) is 50.7 Å². The van der Waals surface area contributed by atoms with Crippen LogP contribution in [0.2, 0.25) is 0 Å². The van der Waals surface area contributed by atoms with Gasteiger partial charge in [-0.05, 0) is 24.3 Å². The molecule has 1 aliphatic rings. The molecule has 1 saturated heterocycles. The number of nitrogens with zero attached hydrogens (tertiary/aromatic N) is 4. The van der Waals surface area contributed by atoms with Crippen molar-refractivity contribution in [2.24, 2.45) is 0 Å². The van der Waals surface area contributed by atoms with E-state index in [1.807, 2.05) is 36.7 Å². The summed E-state index contributed by atoms with van der Waals surface area (Å²) in [6.45, 7) is 8.13. The third kappa shape index (κ3) is 6.80. The van der Waals surface area contributed by atoms with E-state index in [2.05, 4.69) is 31.9 Å². The van der Waals surface area contributed by atoms with Crippen LogP contribution >= 0.6 is 0 Å². The van der Waals surface area contributed by atoms with Crippen LogP contribution in [0.3, 0.4) is 0 Å². The molecule has 140 valence electrons. The predicted molar refractivity (Wildman–Crippen MR) is 101 cm³/mol. The first-order valence-corrected chi connectivity index (χ1v) is 9.30. The first kappa shape index (κ1) is 18.9. The van der Waals surface area contributed by atoms with Gasteiger partial charge in [0.1, 0.15) is 0 Å². The smallest absolute Gasteiger partial charge is 0.0594 e. The lowest BCUT2D eigenvalue weighted by molar-refractivity contribution is 0.0337. The molecule has 6 heteroatoms. The summed E-state index contributed by atoms with van der Waals surface area (Å²) in [5, 5.41) is 0. The molecule has 2 aromatic heterocycles. The Morgan fingerprint density at radius 3 is 1.42 bits per heavy atom. The third-order valence-corrected chi connectivity index (χ3v) is 4.43. The third-order valence-electron chi connectivity index (χ3n) is 4.43. The van der Waals surface area contributed by atoms with E-state index < -0.39 is 0 Å². The van der Waals surface area contributed by atoms with E-state index in [1.165, 1.54) is 0 Å². The Morgan fingerprint density at radius 2 is 1.08 bits per heavy atom. The van der Waals surface area contributed by atoms with E-state index in [1.54, 1.807) is 0 Å². The summed E-state index contributed by atoms with van der Waals surface area (Å²) in [5.74, 6) is 0. The molecule has 0 aromatic carbocycles. The molecular weight excluding hydrogens is 328 g/mol. The van der Waals surface area contributed by atoms with Crippen molar-refractivity contribution in [3.63, 3.8) is 0 Å². The van der Waals surface area contributed by atoms with Gasteiger partial charge < -0.3 is 9.47 Å². The first-order valence-electron chi connectivity index (χ1n) is 9.30. The average Bonchev–Trinajstić information content (AvgIpc) is 2.67. The summed E-state index contributed by atoms with van der Waals surface area (Å²) < 4.78 is 11.8. The Morgan fingerprint density at radius 1 is 0.654 bits per heavy atom. The molecule has 0 aliphatic carbocycles. The Labute approximate surface area is 155 Å². The molecule has 26 heavy (non-hydrogen) atoms. The van der Waals surface area contributed by atoms with E-state index in [9.17, 15) is 0 Å². The summed E-state index contributed by atoms with van der Waals surface area (Å²) in [7, 11) is 0. The summed E-state index contributed by atoms with van der Waals surface area (Å²) in [6.07, 6.45) is 3.68. The van der Waals surface area contributed by atoms with Crippen molar-refractivity contribution in [3.8, 4) is 0 Å². The Balaban J connectivity index is 1.46. The van der Waals surface area contributed by atoms with Crippen molar-refractivity contribution in [3.05, 3.63) is 60.2 Å². The van der Waals surface area contributed by atoms with Crippen molar-refractivity contribution in [1.82, 2.24) is 19.8 Å². The maximum Gasteiger partial charge on any atom is 0.0594 e. The van der Waals surface area contributed by atoms with Gasteiger partial charge in [0.15, 0.2) is 0 Å². The molecule has 6 nitrogen and oxygen atoms in total. The van der Waals surface area contributed by atoms with Gasteiger partial charge in [0.25, 0.3) is 0 Å². The van der Waals surface area contributed by atoms with Crippen LogP contribution in [0.5, 0.6) is 0 Å². The Bertz CT molecular complexity index is 544. The number of pyridine rings is 2. The fourth-order valence-corrected chi connectivity index (χ4v) is 2.96. The highest BCUT2D eigenvalue weighted by Crippen LogP contribution is 2.04. The second-order valence-electron chi connectivity index (χ2n) is 6.42. The second kappa shape index (κ2) is 11.0.